The van der Waals surface area contributed by atoms with E-state index < -0.39 is 0 Å². The topological polar surface area (TPSA) is 75.4 Å². The SMILES string of the molecule is CC1(C)CCN(C(=O)CNC(=O)CN)CCS1. The minimum atomic E-state index is -0.289. The Morgan fingerprint density at radius 2 is 2.12 bits per heavy atom. The molecule has 1 fully saturated rings. The van der Waals surface area contributed by atoms with Gasteiger partial charge in [0.25, 0.3) is 0 Å². The minimum Gasteiger partial charge on any atom is -0.346 e. The van der Waals surface area contributed by atoms with Crippen molar-refractivity contribution < 1.29 is 9.59 Å². The van der Waals surface area contributed by atoms with Crippen LogP contribution in [0.25, 0.3) is 0 Å². The van der Waals surface area contributed by atoms with Gasteiger partial charge in [0, 0.05) is 23.6 Å². The van der Waals surface area contributed by atoms with Crippen LogP contribution in [-0.4, -0.2) is 53.4 Å². The third-order valence-electron chi connectivity index (χ3n) is 2.81. The van der Waals surface area contributed by atoms with Crippen LogP contribution in [0.4, 0.5) is 0 Å². The summed E-state index contributed by atoms with van der Waals surface area (Å²) in [7, 11) is 0. The lowest BCUT2D eigenvalue weighted by Crippen LogP contribution is -2.42. The number of rotatable bonds is 3. The second-order valence-corrected chi connectivity index (χ2v) is 6.52. The zero-order valence-electron chi connectivity index (χ0n) is 10.5. The standard InChI is InChI=1S/C11H21N3O2S/c1-11(2)3-4-14(5-6-17-11)10(16)8-13-9(15)7-12/h3-8,12H2,1-2H3,(H,13,15). The first-order valence-electron chi connectivity index (χ1n) is 5.83. The van der Waals surface area contributed by atoms with Crippen molar-refractivity contribution in [1.82, 2.24) is 10.2 Å². The van der Waals surface area contributed by atoms with Gasteiger partial charge in [0.2, 0.25) is 11.8 Å². The second kappa shape index (κ2) is 6.26. The van der Waals surface area contributed by atoms with Gasteiger partial charge >= 0.3 is 0 Å². The molecule has 5 nitrogen and oxygen atoms in total. The first-order valence-corrected chi connectivity index (χ1v) is 6.82. The van der Waals surface area contributed by atoms with Crippen molar-refractivity contribution in [2.75, 3.05) is 31.9 Å². The summed E-state index contributed by atoms with van der Waals surface area (Å²) in [4.78, 5) is 24.6. The molecule has 0 aromatic rings. The minimum absolute atomic E-state index is 0.0231. The molecule has 0 radical (unpaired) electrons. The molecule has 0 aromatic carbocycles. The molecule has 2 amide bonds. The number of hydrogen-bond donors (Lipinski definition) is 2. The number of carbonyl (C=O) groups is 2. The monoisotopic (exact) mass is 259 g/mol. The number of nitrogens with one attached hydrogen (secondary N) is 1. The Bertz CT molecular complexity index is 294. The van der Waals surface area contributed by atoms with E-state index in [-0.39, 0.29) is 29.7 Å². The maximum absolute atomic E-state index is 11.8. The van der Waals surface area contributed by atoms with E-state index in [1.165, 1.54) is 0 Å². The number of nitrogens with two attached hydrogens (primary N) is 1. The summed E-state index contributed by atoms with van der Waals surface area (Å²) >= 11 is 1.89. The van der Waals surface area contributed by atoms with Crippen LogP contribution in [0.3, 0.4) is 0 Å². The highest BCUT2D eigenvalue weighted by Gasteiger charge is 2.25. The van der Waals surface area contributed by atoms with E-state index in [4.69, 9.17) is 5.73 Å². The molecular weight excluding hydrogens is 238 g/mol. The molecule has 0 saturated carbocycles. The molecule has 6 heteroatoms. The highest BCUT2D eigenvalue weighted by molar-refractivity contribution is 8.00. The summed E-state index contributed by atoms with van der Waals surface area (Å²) in [6.07, 6.45) is 0.980. The normalized spacial score (nSPS) is 19.6. The summed E-state index contributed by atoms with van der Waals surface area (Å²) in [5, 5.41) is 2.51. The third kappa shape index (κ3) is 4.95. The van der Waals surface area contributed by atoms with Gasteiger partial charge in [-0.05, 0) is 6.42 Å². The van der Waals surface area contributed by atoms with E-state index in [9.17, 15) is 9.59 Å². The molecule has 1 saturated heterocycles. The Morgan fingerprint density at radius 1 is 1.41 bits per heavy atom. The van der Waals surface area contributed by atoms with Crippen LogP contribution in [-0.2, 0) is 9.59 Å². The Balaban J connectivity index is 2.39. The third-order valence-corrected chi connectivity index (χ3v) is 4.18. The molecule has 3 N–H and O–H groups in total. The van der Waals surface area contributed by atoms with Gasteiger partial charge in [-0.15, -0.1) is 0 Å². The van der Waals surface area contributed by atoms with Crippen LogP contribution in [0.1, 0.15) is 20.3 Å². The maximum atomic E-state index is 11.8. The number of hydrogen-bond acceptors (Lipinski definition) is 4. The average Bonchev–Trinajstić information content (AvgIpc) is 2.46. The predicted octanol–water partition coefficient (Wildman–Crippen LogP) is -0.195. The fourth-order valence-electron chi connectivity index (χ4n) is 1.63. The first kappa shape index (κ1) is 14.3. The number of nitrogens with zero attached hydrogens (tertiary/aromatic N) is 1. The van der Waals surface area contributed by atoms with E-state index in [1.807, 2.05) is 16.7 Å². The van der Waals surface area contributed by atoms with Crippen molar-refractivity contribution in [3.05, 3.63) is 0 Å². The van der Waals surface area contributed by atoms with Crippen LogP contribution in [0.15, 0.2) is 0 Å². The smallest absolute Gasteiger partial charge is 0.241 e. The largest absolute Gasteiger partial charge is 0.346 e. The van der Waals surface area contributed by atoms with Gasteiger partial charge in [0.1, 0.15) is 0 Å². The zero-order valence-corrected chi connectivity index (χ0v) is 11.3. The average molecular weight is 259 g/mol. The summed E-state index contributed by atoms with van der Waals surface area (Å²) in [5.74, 6) is 0.636. The molecule has 0 spiro atoms. The fourth-order valence-corrected chi connectivity index (χ4v) is 2.73. The Kier molecular flexibility index (Phi) is 5.27. The number of carbonyl (C=O) groups excluding carboxylic acids is 2. The predicted molar refractivity (Wildman–Crippen MR) is 69.8 cm³/mol. The van der Waals surface area contributed by atoms with Crippen molar-refractivity contribution in [3.8, 4) is 0 Å². The molecule has 0 bridgehead atoms. The molecule has 0 unspecified atom stereocenters. The highest BCUT2D eigenvalue weighted by atomic mass is 32.2. The van der Waals surface area contributed by atoms with Gasteiger partial charge in [-0.2, -0.15) is 11.8 Å². The van der Waals surface area contributed by atoms with Crippen LogP contribution in [0, 0.1) is 0 Å². The summed E-state index contributed by atoms with van der Waals surface area (Å²) in [5.41, 5.74) is 5.16. The van der Waals surface area contributed by atoms with Crippen molar-refractivity contribution >= 4 is 23.6 Å². The van der Waals surface area contributed by atoms with Gasteiger partial charge in [0.05, 0.1) is 13.1 Å². The van der Waals surface area contributed by atoms with Crippen molar-refractivity contribution in [2.45, 2.75) is 25.0 Å². The molecule has 0 atom stereocenters. The van der Waals surface area contributed by atoms with E-state index in [1.54, 1.807) is 0 Å². The van der Waals surface area contributed by atoms with E-state index in [0.29, 0.717) is 0 Å². The van der Waals surface area contributed by atoms with Gasteiger partial charge in [-0.25, -0.2) is 0 Å². The van der Waals surface area contributed by atoms with Crippen molar-refractivity contribution in [1.29, 1.82) is 0 Å². The van der Waals surface area contributed by atoms with E-state index in [0.717, 1.165) is 25.3 Å². The summed E-state index contributed by atoms with van der Waals surface area (Å²) < 4.78 is 0.232. The van der Waals surface area contributed by atoms with Crippen LogP contribution in [0.2, 0.25) is 0 Å². The van der Waals surface area contributed by atoms with Gasteiger partial charge < -0.3 is 16.0 Å². The summed E-state index contributed by atoms with van der Waals surface area (Å²) in [6.45, 7) is 5.89. The molecule has 1 aliphatic rings. The van der Waals surface area contributed by atoms with Gasteiger partial charge in [0.15, 0.2) is 0 Å². The number of thioether (sulfide) groups is 1. The van der Waals surface area contributed by atoms with Crippen molar-refractivity contribution in [2.24, 2.45) is 5.73 Å². The van der Waals surface area contributed by atoms with Gasteiger partial charge in [-0.1, -0.05) is 13.8 Å². The lowest BCUT2D eigenvalue weighted by Gasteiger charge is -2.22. The Morgan fingerprint density at radius 3 is 2.76 bits per heavy atom. The van der Waals surface area contributed by atoms with Crippen LogP contribution < -0.4 is 11.1 Å². The molecule has 1 rings (SSSR count). The fraction of sp³-hybridized carbons (Fsp3) is 0.818. The lowest BCUT2D eigenvalue weighted by atomic mass is 10.1. The Hall–Kier alpha value is -0.750. The zero-order chi connectivity index (χ0) is 12.9. The lowest BCUT2D eigenvalue weighted by molar-refractivity contribution is -0.132. The molecule has 17 heavy (non-hydrogen) atoms. The molecule has 0 aliphatic carbocycles. The van der Waals surface area contributed by atoms with E-state index in [2.05, 4.69) is 19.2 Å². The highest BCUT2D eigenvalue weighted by Crippen LogP contribution is 2.30. The van der Waals surface area contributed by atoms with Crippen LogP contribution >= 0.6 is 11.8 Å². The van der Waals surface area contributed by atoms with E-state index >= 15 is 0 Å². The molecule has 1 heterocycles. The van der Waals surface area contributed by atoms with Crippen LogP contribution in [0.5, 0.6) is 0 Å². The molecule has 1 aliphatic heterocycles. The quantitative estimate of drug-likeness (QED) is 0.736. The molecule has 0 aromatic heterocycles. The van der Waals surface area contributed by atoms with Gasteiger partial charge in [-0.3, -0.25) is 9.59 Å². The van der Waals surface area contributed by atoms with Crippen molar-refractivity contribution in [3.63, 3.8) is 0 Å². The maximum Gasteiger partial charge on any atom is 0.241 e. The second-order valence-electron chi connectivity index (χ2n) is 4.72. The Labute approximate surface area is 106 Å². The first-order chi connectivity index (χ1) is 7.94. The summed E-state index contributed by atoms with van der Waals surface area (Å²) in [6, 6.07) is 0. The molecular formula is C11H21N3O2S. The number of amides is 2. The molecule has 98 valence electrons.